The molecule has 0 radical (unpaired) electrons. The maximum absolute atomic E-state index is 13.4. The van der Waals surface area contributed by atoms with Crippen molar-refractivity contribution in [1.82, 2.24) is 5.32 Å². The average molecular weight is 239 g/mol. The normalized spacial score (nSPS) is 12.5. The van der Waals surface area contributed by atoms with Gasteiger partial charge in [0.05, 0.1) is 0 Å². The summed E-state index contributed by atoms with van der Waals surface area (Å²) in [6.07, 6.45) is 2.07. The molecule has 0 spiro atoms. The predicted molar refractivity (Wildman–Crippen MR) is 69.0 cm³/mol. The second-order valence-electron chi connectivity index (χ2n) is 4.30. The first kappa shape index (κ1) is 14.0. The summed E-state index contributed by atoms with van der Waals surface area (Å²) < 4.78 is 19.0. The lowest BCUT2D eigenvalue weighted by Gasteiger charge is -2.17. The Balaban J connectivity index is 2.50. The first-order valence-corrected chi connectivity index (χ1v) is 6.29. The van der Waals surface area contributed by atoms with E-state index < -0.39 is 0 Å². The van der Waals surface area contributed by atoms with Crippen molar-refractivity contribution in [3.63, 3.8) is 0 Å². The summed E-state index contributed by atoms with van der Waals surface area (Å²) in [5.74, 6) is 0.0580. The van der Waals surface area contributed by atoms with Gasteiger partial charge in [0.2, 0.25) is 0 Å². The Bertz CT molecular complexity index is 341. The molecule has 0 saturated heterocycles. The number of hydrogen-bond donors (Lipinski definition) is 1. The molecular formula is C14H22FNO. The van der Waals surface area contributed by atoms with Crippen LogP contribution in [0.1, 0.15) is 32.3 Å². The first-order chi connectivity index (χ1) is 8.17. The van der Waals surface area contributed by atoms with E-state index in [2.05, 4.69) is 19.2 Å². The van der Waals surface area contributed by atoms with Crippen LogP contribution in [0.3, 0.4) is 0 Å². The molecule has 96 valence electrons. The molecule has 1 rings (SSSR count). The van der Waals surface area contributed by atoms with Gasteiger partial charge in [-0.05, 0) is 44.0 Å². The van der Waals surface area contributed by atoms with Crippen molar-refractivity contribution < 1.29 is 9.13 Å². The van der Waals surface area contributed by atoms with E-state index in [9.17, 15) is 4.39 Å². The van der Waals surface area contributed by atoms with Crippen molar-refractivity contribution >= 4 is 0 Å². The molecule has 0 aliphatic rings. The average Bonchev–Trinajstić information content (AvgIpc) is 2.33. The number of hydrogen-bond acceptors (Lipinski definition) is 2. The zero-order valence-corrected chi connectivity index (χ0v) is 10.9. The Morgan fingerprint density at radius 3 is 2.76 bits per heavy atom. The lowest BCUT2D eigenvalue weighted by molar-refractivity contribution is 0.250. The van der Waals surface area contributed by atoms with Gasteiger partial charge in [-0.1, -0.05) is 19.9 Å². The monoisotopic (exact) mass is 239 g/mol. The highest BCUT2D eigenvalue weighted by atomic mass is 19.1. The van der Waals surface area contributed by atoms with E-state index in [1.54, 1.807) is 12.1 Å². The Hall–Kier alpha value is -1.09. The second kappa shape index (κ2) is 7.28. The molecule has 1 unspecified atom stereocenters. The summed E-state index contributed by atoms with van der Waals surface area (Å²) in [5.41, 5.74) is 1.01. The minimum absolute atomic E-state index is 0.287. The zero-order valence-electron chi connectivity index (χ0n) is 10.9. The molecule has 0 aliphatic heterocycles. The van der Waals surface area contributed by atoms with Gasteiger partial charge in [0, 0.05) is 6.04 Å². The van der Waals surface area contributed by atoms with Gasteiger partial charge in [-0.3, -0.25) is 0 Å². The van der Waals surface area contributed by atoms with Crippen molar-refractivity contribution in [2.75, 3.05) is 13.2 Å². The predicted octanol–water partition coefficient (Wildman–Crippen LogP) is 3.29. The van der Waals surface area contributed by atoms with Crippen LogP contribution >= 0.6 is 0 Å². The lowest BCUT2D eigenvalue weighted by Crippen LogP contribution is -2.34. The number of aryl methyl sites for hydroxylation is 1. The number of benzene rings is 1. The van der Waals surface area contributed by atoms with Crippen LogP contribution in [0, 0.1) is 12.7 Å². The van der Waals surface area contributed by atoms with Gasteiger partial charge in [0.25, 0.3) is 0 Å². The van der Waals surface area contributed by atoms with E-state index in [1.807, 2.05) is 6.92 Å². The Morgan fingerprint density at radius 1 is 1.35 bits per heavy atom. The second-order valence-corrected chi connectivity index (χ2v) is 4.30. The molecule has 1 atom stereocenters. The lowest BCUT2D eigenvalue weighted by atomic mass is 10.2. The van der Waals surface area contributed by atoms with Gasteiger partial charge >= 0.3 is 0 Å². The van der Waals surface area contributed by atoms with E-state index in [-0.39, 0.29) is 11.9 Å². The minimum Gasteiger partial charge on any atom is -0.489 e. The number of nitrogens with one attached hydrogen (secondary N) is 1. The molecular weight excluding hydrogens is 217 g/mol. The fraction of sp³-hybridized carbons (Fsp3) is 0.571. The van der Waals surface area contributed by atoms with Crippen LogP contribution in [0.2, 0.25) is 0 Å². The van der Waals surface area contributed by atoms with Gasteiger partial charge in [-0.25, -0.2) is 4.39 Å². The third kappa shape index (κ3) is 4.73. The molecule has 1 N–H and O–H groups in total. The van der Waals surface area contributed by atoms with E-state index in [1.165, 1.54) is 6.07 Å². The van der Waals surface area contributed by atoms with Crippen molar-refractivity contribution in [2.45, 2.75) is 39.7 Å². The highest BCUT2D eigenvalue weighted by molar-refractivity contribution is 5.29. The van der Waals surface area contributed by atoms with Gasteiger partial charge in [0.15, 0.2) is 11.6 Å². The van der Waals surface area contributed by atoms with Gasteiger partial charge in [-0.2, -0.15) is 0 Å². The fourth-order valence-corrected chi connectivity index (χ4v) is 1.58. The van der Waals surface area contributed by atoms with E-state index in [0.29, 0.717) is 12.4 Å². The first-order valence-electron chi connectivity index (χ1n) is 6.29. The van der Waals surface area contributed by atoms with Crippen LogP contribution in [-0.4, -0.2) is 19.2 Å². The van der Waals surface area contributed by atoms with Gasteiger partial charge < -0.3 is 10.1 Å². The van der Waals surface area contributed by atoms with Crippen LogP contribution < -0.4 is 10.1 Å². The number of halogens is 1. The summed E-state index contributed by atoms with van der Waals surface area (Å²) in [6.45, 7) is 7.64. The fourth-order valence-electron chi connectivity index (χ4n) is 1.58. The molecule has 17 heavy (non-hydrogen) atoms. The molecule has 0 aromatic heterocycles. The maximum Gasteiger partial charge on any atom is 0.165 e. The Kier molecular flexibility index (Phi) is 5.98. The molecule has 0 amide bonds. The zero-order chi connectivity index (χ0) is 12.7. The minimum atomic E-state index is -0.291. The number of ether oxygens (including phenoxy) is 1. The van der Waals surface area contributed by atoms with Crippen molar-refractivity contribution in [3.8, 4) is 5.75 Å². The summed E-state index contributed by atoms with van der Waals surface area (Å²) in [5, 5.41) is 3.38. The van der Waals surface area contributed by atoms with E-state index in [4.69, 9.17) is 4.74 Å². The standard InChI is InChI=1S/C14H22FNO/c1-4-8-16-12(5-2)10-17-14-9-11(3)6-7-13(14)15/h6-7,9,12,16H,4-5,8,10H2,1-3H3. The van der Waals surface area contributed by atoms with Gasteiger partial charge in [0.1, 0.15) is 6.61 Å². The topological polar surface area (TPSA) is 21.3 Å². The molecule has 0 fully saturated rings. The molecule has 1 aromatic rings. The van der Waals surface area contributed by atoms with Crippen molar-refractivity contribution in [1.29, 1.82) is 0 Å². The quantitative estimate of drug-likeness (QED) is 0.788. The van der Waals surface area contributed by atoms with Crippen LogP contribution in [0.4, 0.5) is 4.39 Å². The molecule has 0 heterocycles. The third-order valence-corrected chi connectivity index (χ3v) is 2.70. The summed E-state index contributed by atoms with van der Waals surface area (Å²) in [7, 11) is 0. The summed E-state index contributed by atoms with van der Waals surface area (Å²) >= 11 is 0. The maximum atomic E-state index is 13.4. The Morgan fingerprint density at radius 2 is 2.12 bits per heavy atom. The van der Waals surface area contributed by atoms with Crippen LogP contribution in [0.5, 0.6) is 5.75 Å². The molecule has 2 nitrogen and oxygen atoms in total. The highest BCUT2D eigenvalue weighted by Gasteiger charge is 2.08. The molecule has 0 bridgehead atoms. The van der Waals surface area contributed by atoms with Crippen molar-refractivity contribution in [2.24, 2.45) is 0 Å². The summed E-state index contributed by atoms with van der Waals surface area (Å²) in [6, 6.07) is 5.22. The number of rotatable bonds is 7. The van der Waals surface area contributed by atoms with E-state index in [0.717, 1.165) is 24.9 Å². The largest absolute Gasteiger partial charge is 0.489 e. The molecule has 1 aromatic carbocycles. The summed E-state index contributed by atoms with van der Waals surface area (Å²) in [4.78, 5) is 0. The Labute approximate surface area is 103 Å². The smallest absolute Gasteiger partial charge is 0.165 e. The molecule has 3 heteroatoms. The van der Waals surface area contributed by atoms with Crippen LogP contribution in [0.25, 0.3) is 0 Å². The molecule has 0 aliphatic carbocycles. The SMILES string of the molecule is CCCNC(CC)COc1cc(C)ccc1F. The third-order valence-electron chi connectivity index (χ3n) is 2.70. The van der Waals surface area contributed by atoms with Crippen LogP contribution in [0.15, 0.2) is 18.2 Å². The van der Waals surface area contributed by atoms with E-state index >= 15 is 0 Å². The highest BCUT2D eigenvalue weighted by Crippen LogP contribution is 2.18. The van der Waals surface area contributed by atoms with Crippen LogP contribution in [-0.2, 0) is 0 Å². The van der Waals surface area contributed by atoms with Crippen molar-refractivity contribution in [3.05, 3.63) is 29.6 Å². The molecule has 0 saturated carbocycles. The van der Waals surface area contributed by atoms with Gasteiger partial charge in [-0.15, -0.1) is 0 Å².